The number of furan rings is 1. The molecule has 2 aromatic carbocycles. The number of esters is 1. The van der Waals surface area contributed by atoms with Gasteiger partial charge in [0.1, 0.15) is 11.1 Å². The number of hydrogen-bond donors (Lipinski definition) is 0. The molecule has 3 nitrogen and oxygen atoms in total. The van der Waals surface area contributed by atoms with E-state index >= 15 is 0 Å². The maximum absolute atomic E-state index is 12.5. The molecule has 26 heavy (non-hydrogen) atoms. The Morgan fingerprint density at radius 3 is 2.46 bits per heavy atom. The highest BCUT2D eigenvalue weighted by atomic mass is 32.2. The lowest BCUT2D eigenvalue weighted by Gasteiger charge is -2.22. The summed E-state index contributed by atoms with van der Waals surface area (Å²) in [6.07, 6.45) is 1.58. The van der Waals surface area contributed by atoms with Crippen LogP contribution < -0.4 is 0 Å². The fourth-order valence-electron chi connectivity index (χ4n) is 2.94. The monoisotopic (exact) mass is 363 g/mol. The normalized spacial score (nSPS) is 12.3. The van der Waals surface area contributed by atoms with E-state index < -0.39 is 5.60 Å². The minimum Gasteiger partial charge on any atom is -0.465 e. The van der Waals surface area contributed by atoms with Crippen LogP contribution in [0.2, 0.25) is 0 Å². The summed E-state index contributed by atoms with van der Waals surface area (Å²) in [6.45, 7) is 3.64. The number of rotatable bonds is 4. The lowest BCUT2D eigenvalue weighted by Crippen LogP contribution is -2.25. The van der Waals surface area contributed by atoms with Gasteiger partial charge in [-0.15, -0.1) is 0 Å². The average Bonchev–Trinajstić information content (AvgIpc) is 3.32. The lowest BCUT2D eigenvalue weighted by atomic mass is 10.1. The molecule has 0 spiro atoms. The standard InChI is InChI=1S/C22H19O3S/c1-22(2,20-8-5-14-24-20)25-21(23)17-9-11-18(12-10-17)26-15-13-16-6-3-4-7-19(16)26/h3-15H,1-2H3/q+1. The molecule has 1 atom stereocenters. The van der Waals surface area contributed by atoms with E-state index in [0.717, 1.165) is 0 Å². The van der Waals surface area contributed by atoms with Crippen LogP contribution in [0.1, 0.15) is 30.0 Å². The van der Waals surface area contributed by atoms with Gasteiger partial charge in [-0.05, 0) is 62.4 Å². The number of benzene rings is 2. The Hall–Kier alpha value is -2.85. The third-order valence-electron chi connectivity index (χ3n) is 4.35. The summed E-state index contributed by atoms with van der Waals surface area (Å²) in [4.78, 5) is 13.7. The van der Waals surface area contributed by atoms with E-state index in [0.29, 0.717) is 11.3 Å². The predicted octanol–water partition coefficient (Wildman–Crippen LogP) is 6.26. The van der Waals surface area contributed by atoms with Crippen LogP contribution in [0.25, 0.3) is 15.0 Å². The molecule has 0 saturated heterocycles. The summed E-state index contributed by atoms with van der Waals surface area (Å²) in [5.74, 6) is 0.264. The Morgan fingerprint density at radius 1 is 0.962 bits per heavy atom. The number of thiophene rings is 1. The van der Waals surface area contributed by atoms with Crippen molar-refractivity contribution in [2.45, 2.75) is 19.4 Å². The van der Waals surface area contributed by atoms with E-state index in [-0.39, 0.29) is 16.4 Å². The van der Waals surface area contributed by atoms with Crippen LogP contribution in [0.15, 0.2) is 82.8 Å². The van der Waals surface area contributed by atoms with Crippen molar-refractivity contribution in [3.63, 3.8) is 0 Å². The second-order valence-electron chi connectivity index (χ2n) is 6.58. The zero-order valence-electron chi connectivity index (χ0n) is 14.6. The molecule has 0 aliphatic heterocycles. The van der Waals surface area contributed by atoms with Crippen molar-refractivity contribution >= 4 is 26.5 Å². The first kappa shape index (κ1) is 16.6. The number of fused-ring (bicyclic) bond motifs is 1. The minimum atomic E-state index is -0.811. The Kier molecular flexibility index (Phi) is 4.13. The van der Waals surface area contributed by atoms with Gasteiger partial charge in [-0.3, -0.25) is 0 Å². The maximum atomic E-state index is 12.5. The Morgan fingerprint density at radius 2 is 1.73 bits per heavy atom. The highest BCUT2D eigenvalue weighted by Crippen LogP contribution is 2.39. The van der Waals surface area contributed by atoms with Crippen molar-refractivity contribution in [1.29, 1.82) is 0 Å². The Labute approximate surface area is 154 Å². The van der Waals surface area contributed by atoms with Crippen LogP contribution in [0, 0.1) is 0 Å². The van der Waals surface area contributed by atoms with Gasteiger partial charge in [0.2, 0.25) is 0 Å². The molecule has 0 amide bonds. The summed E-state index contributed by atoms with van der Waals surface area (Å²) in [6, 6.07) is 21.8. The van der Waals surface area contributed by atoms with E-state index in [1.165, 1.54) is 15.0 Å². The van der Waals surface area contributed by atoms with Crippen molar-refractivity contribution in [2.24, 2.45) is 0 Å². The Bertz CT molecular complexity index is 1040. The first-order valence-electron chi connectivity index (χ1n) is 8.42. The van der Waals surface area contributed by atoms with Crippen molar-refractivity contribution in [3.05, 3.63) is 89.7 Å². The first-order valence-corrected chi connectivity index (χ1v) is 9.71. The third kappa shape index (κ3) is 3.04. The molecule has 0 aliphatic carbocycles. The summed E-state index contributed by atoms with van der Waals surface area (Å²) in [5, 5.41) is 3.48. The van der Waals surface area contributed by atoms with Crippen LogP contribution >= 0.6 is 10.5 Å². The van der Waals surface area contributed by atoms with Crippen molar-refractivity contribution in [1.82, 2.24) is 0 Å². The molecule has 0 radical (unpaired) electrons. The van der Waals surface area contributed by atoms with Crippen LogP contribution in [-0.2, 0) is 10.3 Å². The van der Waals surface area contributed by atoms with Gasteiger partial charge in [0.25, 0.3) is 0 Å². The van der Waals surface area contributed by atoms with Crippen molar-refractivity contribution in [3.8, 4) is 4.90 Å². The summed E-state index contributed by atoms with van der Waals surface area (Å²) >= 11 is 0. The molecule has 0 N–H and O–H groups in total. The van der Waals surface area contributed by atoms with Crippen LogP contribution in [0.4, 0.5) is 0 Å². The van der Waals surface area contributed by atoms with Gasteiger partial charge in [0, 0.05) is 21.9 Å². The average molecular weight is 363 g/mol. The molecule has 4 heteroatoms. The number of carbonyl (C=O) groups is 1. The van der Waals surface area contributed by atoms with E-state index in [9.17, 15) is 4.79 Å². The number of hydrogen-bond acceptors (Lipinski definition) is 3. The molecule has 4 rings (SSSR count). The second-order valence-corrected chi connectivity index (χ2v) is 8.44. The molecule has 0 saturated carbocycles. The molecule has 0 fully saturated rings. The Balaban J connectivity index is 1.57. The molecule has 2 heterocycles. The quantitative estimate of drug-likeness (QED) is 0.317. The predicted molar refractivity (Wildman–Crippen MR) is 105 cm³/mol. The van der Waals surface area contributed by atoms with Gasteiger partial charge < -0.3 is 9.15 Å². The highest BCUT2D eigenvalue weighted by molar-refractivity contribution is 7.43. The number of ether oxygens (including phenoxy) is 1. The SMILES string of the molecule is CC(C)(OC(=O)c1ccc(-[s+]2ccc3ccccc32)cc1)c1ccco1. The maximum Gasteiger partial charge on any atom is 0.339 e. The fraction of sp³-hybridized carbons (Fsp3) is 0.136. The molecule has 0 bridgehead atoms. The lowest BCUT2D eigenvalue weighted by molar-refractivity contribution is -0.0126. The molecule has 0 aliphatic rings. The van der Waals surface area contributed by atoms with Gasteiger partial charge in [0.05, 0.1) is 11.8 Å². The van der Waals surface area contributed by atoms with Gasteiger partial charge >= 0.3 is 5.97 Å². The largest absolute Gasteiger partial charge is 0.465 e. The first-order chi connectivity index (χ1) is 12.5. The minimum absolute atomic E-state index is 0.0781. The summed E-state index contributed by atoms with van der Waals surface area (Å²) in [5.41, 5.74) is -0.276. The zero-order valence-corrected chi connectivity index (χ0v) is 15.5. The molecule has 2 aromatic heterocycles. The van der Waals surface area contributed by atoms with E-state index in [1.807, 2.05) is 38.1 Å². The van der Waals surface area contributed by atoms with Gasteiger partial charge in [-0.2, -0.15) is 0 Å². The van der Waals surface area contributed by atoms with E-state index in [4.69, 9.17) is 9.15 Å². The summed E-state index contributed by atoms with van der Waals surface area (Å²) in [7, 11) is -0.0781. The third-order valence-corrected chi connectivity index (χ3v) is 6.38. The zero-order chi connectivity index (χ0) is 18.1. The molecule has 130 valence electrons. The molecular formula is C22H19O3S+. The summed E-state index contributed by atoms with van der Waals surface area (Å²) < 4.78 is 12.3. The molecular weight excluding hydrogens is 344 g/mol. The number of carbonyl (C=O) groups excluding carboxylic acids is 1. The molecule has 1 unspecified atom stereocenters. The van der Waals surface area contributed by atoms with Crippen LogP contribution in [0.5, 0.6) is 0 Å². The highest BCUT2D eigenvalue weighted by Gasteiger charge is 2.29. The van der Waals surface area contributed by atoms with Crippen molar-refractivity contribution in [2.75, 3.05) is 0 Å². The topological polar surface area (TPSA) is 39.4 Å². The fourth-order valence-corrected chi connectivity index (χ4v) is 4.82. The van der Waals surface area contributed by atoms with Gasteiger partial charge in [-0.1, -0.05) is 12.1 Å². The van der Waals surface area contributed by atoms with Crippen LogP contribution in [-0.4, -0.2) is 5.97 Å². The van der Waals surface area contributed by atoms with Crippen molar-refractivity contribution < 1.29 is 13.9 Å². The second kappa shape index (κ2) is 6.46. The van der Waals surface area contributed by atoms with E-state index in [1.54, 1.807) is 18.4 Å². The van der Waals surface area contributed by atoms with Gasteiger partial charge in [-0.25, -0.2) is 4.79 Å². The van der Waals surface area contributed by atoms with Gasteiger partial charge in [0.15, 0.2) is 15.2 Å². The van der Waals surface area contributed by atoms with E-state index in [2.05, 4.69) is 35.7 Å². The van der Waals surface area contributed by atoms with Crippen LogP contribution in [0.3, 0.4) is 0 Å². The molecule has 4 aromatic rings. The smallest absolute Gasteiger partial charge is 0.339 e.